The van der Waals surface area contributed by atoms with E-state index in [1.165, 1.54) is 16.0 Å². The third-order valence-corrected chi connectivity index (χ3v) is 7.25. The molecule has 1 aliphatic rings. The summed E-state index contributed by atoms with van der Waals surface area (Å²) in [6, 6.07) is 10.8. The Morgan fingerprint density at radius 2 is 1.57 bits per heavy atom. The molecule has 0 N–H and O–H groups in total. The maximum absolute atomic E-state index is 6.31. The molecule has 5 heteroatoms. The van der Waals surface area contributed by atoms with Gasteiger partial charge in [0.1, 0.15) is 0 Å². The van der Waals surface area contributed by atoms with Crippen molar-refractivity contribution in [2.75, 3.05) is 0 Å². The zero-order valence-electron chi connectivity index (χ0n) is 14.7. The van der Waals surface area contributed by atoms with Gasteiger partial charge in [0.05, 0.1) is 20.0 Å². The number of rotatable bonds is 2. The highest BCUT2D eigenvalue weighted by molar-refractivity contribution is 9.10. The summed E-state index contributed by atoms with van der Waals surface area (Å²) in [6.45, 7) is 13.1. The van der Waals surface area contributed by atoms with E-state index in [-0.39, 0.29) is 18.3 Å². The Hall–Kier alpha value is -0.618. The highest BCUT2D eigenvalue weighted by Crippen LogP contribution is 2.37. The molecule has 121 valence electrons. The molecule has 0 amide bonds. The monoisotopic (exact) mass is 389 g/mol. The van der Waals surface area contributed by atoms with Crippen molar-refractivity contribution in [1.29, 1.82) is 0 Å². The average Bonchev–Trinajstić information content (AvgIpc) is 2.67. The van der Waals surface area contributed by atoms with E-state index < -0.39 is 8.80 Å². The third kappa shape index (κ3) is 2.82. The molecule has 1 radical (unpaired) electrons. The molecule has 0 unspecified atom stereocenters. The first kappa shape index (κ1) is 17.2. The lowest BCUT2D eigenvalue weighted by molar-refractivity contribution is 0.00578. The van der Waals surface area contributed by atoms with E-state index in [4.69, 9.17) is 9.31 Å². The van der Waals surface area contributed by atoms with E-state index in [0.29, 0.717) is 0 Å². The number of hydrogen-bond donors (Lipinski definition) is 0. The van der Waals surface area contributed by atoms with Crippen molar-refractivity contribution in [3.05, 3.63) is 34.8 Å². The topological polar surface area (TPSA) is 18.5 Å². The van der Waals surface area contributed by atoms with Crippen LogP contribution >= 0.6 is 15.9 Å². The van der Waals surface area contributed by atoms with Crippen LogP contribution in [0, 0.1) is 0 Å². The van der Waals surface area contributed by atoms with Gasteiger partial charge in [-0.2, -0.15) is 0 Å². The fraction of sp³-hybridized carbons (Fsp3) is 0.444. The Morgan fingerprint density at radius 1 is 0.957 bits per heavy atom. The standard InChI is InChI=1S/C18H23BBrO2Si/c1-17(2)18(3,4)22-19(21-17)13-10-11-14(20)12-8-7-9-15(16(12)13)23(5)6/h7-11H,1-6H3. The molecule has 1 fully saturated rings. The van der Waals surface area contributed by atoms with Crippen LogP contribution in [0.2, 0.25) is 13.1 Å². The van der Waals surface area contributed by atoms with Crippen LogP contribution in [0.3, 0.4) is 0 Å². The Balaban J connectivity index is 2.22. The summed E-state index contributed by atoms with van der Waals surface area (Å²) >= 11 is 3.70. The van der Waals surface area contributed by atoms with Gasteiger partial charge in [0, 0.05) is 4.47 Å². The fourth-order valence-electron chi connectivity index (χ4n) is 2.98. The van der Waals surface area contributed by atoms with E-state index >= 15 is 0 Å². The molecule has 0 atom stereocenters. The summed E-state index contributed by atoms with van der Waals surface area (Å²) < 4.78 is 13.7. The lowest BCUT2D eigenvalue weighted by Gasteiger charge is -2.32. The summed E-state index contributed by atoms with van der Waals surface area (Å²) in [6.07, 6.45) is 0. The van der Waals surface area contributed by atoms with Crippen molar-refractivity contribution in [2.45, 2.75) is 52.0 Å². The summed E-state index contributed by atoms with van der Waals surface area (Å²) in [5.41, 5.74) is 0.500. The van der Waals surface area contributed by atoms with Crippen LogP contribution in [0.5, 0.6) is 0 Å². The zero-order valence-corrected chi connectivity index (χ0v) is 17.2. The minimum absolute atomic E-state index is 0.321. The molecule has 0 aliphatic carbocycles. The van der Waals surface area contributed by atoms with Crippen LogP contribution in [-0.2, 0) is 9.31 Å². The van der Waals surface area contributed by atoms with Crippen LogP contribution in [0.15, 0.2) is 34.8 Å². The van der Waals surface area contributed by atoms with Crippen LogP contribution < -0.4 is 10.6 Å². The Labute approximate surface area is 149 Å². The molecule has 1 heterocycles. The predicted octanol–water partition coefficient (Wildman–Crippen LogP) is 3.86. The fourth-order valence-corrected chi connectivity index (χ4v) is 4.65. The highest BCUT2D eigenvalue weighted by atomic mass is 79.9. The molecule has 0 aromatic heterocycles. The molecule has 0 bridgehead atoms. The molecule has 1 aliphatic heterocycles. The average molecular weight is 390 g/mol. The third-order valence-electron chi connectivity index (χ3n) is 5.07. The molecule has 2 aromatic rings. The number of hydrogen-bond acceptors (Lipinski definition) is 2. The van der Waals surface area contributed by atoms with E-state index in [0.717, 1.165) is 9.94 Å². The highest BCUT2D eigenvalue weighted by Gasteiger charge is 2.52. The summed E-state index contributed by atoms with van der Waals surface area (Å²) in [5.74, 6) is 0. The molecule has 3 rings (SSSR count). The predicted molar refractivity (Wildman–Crippen MR) is 104 cm³/mol. The maximum Gasteiger partial charge on any atom is 0.495 e. The van der Waals surface area contributed by atoms with Gasteiger partial charge in [-0.1, -0.05) is 58.5 Å². The lowest BCUT2D eigenvalue weighted by Crippen LogP contribution is -2.41. The molecule has 0 spiro atoms. The van der Waals surface area contributed by atoms with Gasteiger partial charge in [0.15, 0.2) is 0 Å². The van der Waals surface area contributed by atoms with Crippen LogP contribution in [0.4, 0.5) is 0 Å². The molecular weight excluding hydrogens is 367 g/mol. The molecule has 2 aromatic carbocycles. The van der Waals surface area contributed by atoms with Crippen LogP contribution in [0.1, 0.15) is 27.7 Å². The number of halogens is 1. The Morgan fingerprint density at radius 3 is 2.13 bits per heavy atom. The second-order valence-corrected chi connectivity index (χ2v) is 10.8. The van der Waals surface area contributed by atoms with E-state index in [1.807, 2.05) is 0 Å². The smallest absolute Gasteiger partial charge is 0.399 e. The zero-order chi connectivity index (χ0) is 17.0. The van der Waals surface area contributed by atoms with Crippen molar-refractivity contribution in [3.8, 4) is 0 Å². The quantitative estimate of drug-likeness (QED) is 0.726. The van der Waals surface area contributed by atoms with Gasteiger partial charge < -0.3 is 9.31 Å². The largest absolute Gasteiger partial charge is 0.495 e. The van der Waals surface area contributed by atoms with Crippen molar-refractivity contribution >= 4 is 53.3 Å². The van der Waals surface area contributed by atoms with Crippen molar-refractivity contribution < 1.29 is 9.31 Å². The first-order valence-electron chi connectivity index (χ1n) is 8.01. The van der Waals surface area contributed by atoms with Crippen molar-refractivity contribution in [2.24, 2.45) is 0 Å². The summed E-state index contributed by atoms with van der Waals surface area (Å²) in [7, 11) is -0.915. The SMILES string of the molecule is C[Si](C)c1cccc2c(Br)ccc(B3OC(C)(C)C(C)(C)O3)c12. The first-order chi connectivity index (χ1) is 10.6. The molecular formula is C18H23BBrO2Si. The van der Waals surface area contributed by atoms with Crippen molar-refractivity contribution in [3.63, 3.8) is 0 Å². The normalized spacial score (nSPS) is 19.7. The van der Waals surface area contributed by atoms with E-state index in [2.05, 4.69) is 87.1 Å². The van der Waals surface area contributed by atoms with Crippen LogP contribution in [0.25, 0.3) is 10.8 Å². The van der Waals surface area contributed by atoms with Gasteiger partial charge in [0.25, 0.3) is 0 Å². The second kappa shape index (κ2) is 5.73. The van der Waals surface area contributed by atoms with Gasteiger partial charge in [-0.3, -0.25) is 0 Å². The second-order valence-electron chi connectivity index (χ2n) is 7.45. The maximum atomic E-state index is 6.31. The van der Waals surface area contributed by atoms with Gasteiger partial charge in [-0.25, -0.2) is 0 Å². The molecule has 1 saturated heterocycles. The van der Waals surface area contributed by atoms with E-state index in [1.54, 1.807) is 0 Å². The number of fused-ring (bicyclic) bond motifs is 1. The van der Waals surface area contributed by atoms with E-state index in [9.17, 15) is 0 Å². The van der Waals surface area contributed by atoms with Gasteiger partial charge in [-0.15, -0.1) is 0 Å². The van der Waals surface area contributed by atoms with Gasteiger partial charge in [-0.05, 0) is 50.0 Å². The molecule has 2 nitrogen and oxygen atoms in total. The molecule has 23 heavy (non-hydrogen) atoms. The van der Waals surface area contributed by atoms with Gasteiger partial charge in [0.2, 0.25) is 0 Å². The number of benzene rings is 2. The van der Waals surface area contributed by atoms with Gasteiger partial charge >= 0.3 is 7.12 Å². The minimum atomic E-state index is -0.593. The summed E-state index contributed by atoms with van der Waals surface area (Å²) in [4.78, 5) is 0. The summed E-state index contributed by atoms with van der Waals surface area (Å²) in [5, 5.41) is 3.96. The van der Waals surface area contributed by atoms with Crippen LogP contribution in [-0.4, -0.2) is 27.1 Å². The molecule has 0 saturated carbocycles. The first-order valence-corrected chi connectivity index (χ1v) is 11.3. The van der Waals surface area contributed by atoms with Crippen molar-refractivity contribution in [1.82, 2.24) is 0 Å². The Kier molecular flexibility index (Phi) is 4.29. The Bertz CT molecular complexity index is 742. The lowest BCUT2D eigenvalue weighted by atomic mass is 9.76. The minimum Gasteiger partial charge on any atom is -0.399 e.